The van der Waals surface area contributed by atoms with Crippen LogP contribution in [0.1, 0.15) is 46.0 Å². The van der Waals surface area contributed by atoms with Crippen molar-refractivity contribution in [3.8, 4) is 0 Å². The van der Waals surface area contributed by atoms with E-state index in [2.05, 4.69) is 5.32 Å². The maximum Gasteiger partial charge on any atom is 0.471 e. The molecule has 0 aliphatic heterocycles. The second kappa shape index (κ2) is 10.2. The van der Waals surface area contributed by atoms with Crippen LogP contribution in [0.4, 0.5) is 13.2 Å². The summed E-state index contributed by atoms with van der Waals surface area (Å²) in [6.45, 7) is 3.68. The number of alkyl halides is 3. The van der Waals surface area contributed by atoms with Crippen molar-refractivity contribution in [1.29, 1.82) is 0 Å². The van der Waals surface area contributed by atoms with Crippen LogP contribution in [0, 0.1) is 5.92 Å². The van der Waals surface area contributed by atoms with Crippen molar-refractivity contribution in [1.82, 2.24) is 10.6 Å². The Hall–Kier alpha value is -1.60. The van der Waals surface area contributed by atoms with Gasteiger partial charge in [-0.1, -0.05) is 13.3 Å². The van der Waals surface area contributed by atoms with Crippen LogP contribution in [0.2, 0.25) is 0 Å². The second-order valence-corrected chi connectivity index (χ2v) is 5.21. The lowest BCUT2D eigenvalue weighted by Gasteiger charge is -2.09. The van der Waals surface area contributed by atoms with Crippen molar-refractivity contribution in [3.63, 3.8) is 0 Å². The molecule has 0 saturated carbocycles. The fourth-order valence-electron chi connectivity index (χ4n) is 1.65. The van der Waals surface area contributed by atoms with E-state index in [1.54, 1.807) is 12.2 Å². The molecule has 128 valence electrons. The van der Waals surface area contributed by atoms with Crippen LogP contribution in [0.3, 0.4) is 0 Å². The van der Waals surface area contributed by atoms with E-state index < -0.39 is 12.1 Å². The van der Waals surface area contributed by atoms with E-state index in [-0.39, 0.29) is 37.0 Å². The molecule has 0 aromatic heterocycles. The van der Waals surface area contributed by atoms with E-state index in [1.165, 1.54) is 0 Å². The lowest BCUT2D eigenvalue weighted by molar-refractivity contribution is -0.173. The normalized spacial score (nSPS) is 12.6. The summed E-state index contributed by atoms with van der Waals surface area (Å²) < 4.78 is 35.6. The average Bonchev–Trinajstić information content (AvgIpc) is 2.41. The van der Waals surface area contributed by atoms with Gasteiger partial charge in [-0.15, -0.1) is 0 Å². The zero-order valence-corrected chi connectivity index (χ0v) is 12.9. The molecule has 0 heterocycles. The lowest BCUT2D eigenvalue weighted by atomic mass is 10.0. The molecule has 0 spiro atoms. The predicted molar refractivity (Wildman–Crippen MR) is 75.0 cm³/mol. The minimum absolute atomic E-state index is 0.0212. The van der Waals surface area contributed by atoms with Crippen molar-refractivity contribution < 1.29 is 27.6 Å². The molecule has 1 unspecified atom stereocenters. The highest BCUT2D eigenvalue weighted by molar-refractivity contribution is 5.81. The van der Waals surface area contributed by atoms with E-state index >= 15 is 0 Å². The Labute approximate surface area is 128 Å². The first-order chi connectivity index (χ1) is 10.1. The number of hydrogen-bond acceptors (Lipinski definition) is 3. The summed E-state index contributed by atoms with van der Waals surface area (Å²) in [7, 11) is 0. The van der Waals surface area contributed by atoms with E-state index in [0.717, 1.165) is 19.3 Å². The third-order valence-electron chi connectivity index (χ3n) is 3.20. The maximum absolute atomic E-state index is 11.9. The molecule has 0 aliphatic rings. The Morgan fingerprint density at radius 1 is 1.00 bits per heavy atom. The van der Waals surface area contributed by atoms with Crippen molar-refractivity contribution in [2.24, 2.45) is 5.92 Å². The summed E-state index contributed by atoms with van der Waals surface area (Å²) in [6, 6.07) is 0. The van der Waals surface area contributed by atoms with Gasteiger partial charge >= 0.3 is 12.1 Å². The third-order valence-corrected chi connectivity index (χ3v) is 3.20. The van der Waals surface area contributed by atoms with Crippen LogP contribution in [0.5, 0.6) is 0 Å². The van der Waals surface area contributed by atoms with E-state index in [9.17, 15) is 27.6 Å². The van der Waals surface area contributed by atoms with Crippen molar-refractivity contribution in [2.75, 3.05) is 13.1 Å². The summed E-state index contributed by atoms with van der Waals surface area (Å²) in [5, 5.41) is 4.35. The number of amides is 2. The highest BCUT2D eigenvalue weighted by atomic mass is 19.4. The number of carbonyl (C=O) groups is 3. The smallest absolute Gasteiger partial charge is 0.356 e. The zero-order chi connectivity index (χ0) is 17.2. The molecule has 8 heteroatoms. The topological polar surface area (TPSA) is 75.3 Å². The fourth-order valence-corrected chi connectivity index (χ4v) is 1.65. The summed E-state index contributed by atoms with van der Waals surface area (Å²) in [5.74, 6) is -2.09. The van der Waals surface area contributed by atoms with Gasteiger partial charge in [-0.3, -0.25) is 14.4 Å². The van der Waals surface area contributed by atoms with Gasteiger partial charge in [0.2, 0.25) is 5.91 Å². The monoisotopic (exact) mass is 324 g/mol. The highest BCUT2D eigenvalue weighted by Crippen LogP contribution is 2.13. The number of carbonyl (C=O) groups excluding carboxylic acids is 3. The Bertz CT molecular complexity index is 384. The molecule has 2 N–H and O–H groups in total. The lowest BCUT2D eigenvalue weighted by Crippen LogP contribution is -2.37. The first kappa shape index (κ1) is 20.4. The van der Waals surface area contributed by atoms with Crippen LogP contribution in [-0.2, 0) is 14.4 Å². The molecule has 0 aliphatic carbocycles. The number of rotatable bonds is 10. The summed E-state index contributed by atoms with van der Waals surface area (Å²) >= 11 is 0. The minimum atomic E-state index is -4.89. The predicted octanol–water partition coefficient (Wildman–Crippen LogP) is 1.96. The fraction of sp³-hybridized carbons (Fsp3) is 0.786. The molecule has 0 fully saturated rings. The SMILES string of the molecule is CC(=O)C(C)CCCCNC(=O)CCCNC(=O)C(F)(F)F. The van der Waals surface area contributed by atoms with Crippen LogP contribution in [0.25, 0.3) is 0 Å². The van der Waals surface area contributed by atoms with Gasteiger partial charge in [0, 0.05) is 25.4 Å². The molecule has 5 nitrogen and oxygen atoms in total. The van der Waals surface area contributed by atoms with Crippen molar-refractivity contribution >= 4 is 17.6 Å². The van der Waals surface area contributed by atoms with Crippen molar-refractivity contribution in [2.45, 2.75) is 52.1 Å². The van der Waals surface area contributed by atoms with Crippen LogP contribution >= 0.6 is 0 Å². The van der Waals surface area contributed by atoms with Crippen LogP contribution in [0.15, 0.2) is 0 Å². The molecule has 1 atom stereocenters. The van der Waals surface area contributed by atoms with E-state index in [0.29, 0.717) is 6.54 Å². The standard InChI is InChI=1S/C14H23F3N2O3/c1-10(11(2)20)6-3-4-8-18-12(21)7-5-9-19-13(22)14(15,16)17/h10H,3-9H2,1-2H3,(H,18,21)(H,19,22). The molecule has 0 saturated heterocycles. The number of hydrogen-bond donors (Lipinski definition) is 2. The molecule has 0 bridgehead atoms. The van der Waals surface area contributed by atoms with Gasteiger partial charge in [-0.2, -0.15) is 13.2 Å². The summed E-state index contributed by atoms with van der Waals surface area (Å²) in [5.41, 5.74) is 0. The van der Waals surface area contributed by atoms with E-state index in [1.807, 2.05) is 6.92 Å². The largest absolute Gasteiger partial charge is 0.471 e. The molecule has 0 aromatic rings. The molecule has 2 amide bonds. The quantitative estimate of drug-likeness (QED) is 0.603. The molecule has 0 aromatic carbocycles. The Morgan fingerprint density at radius 3 is 2.14 bits per heavy atom. The van der Waals surface area contributed by atoms with Gasteiger partial charge in [-0.25, -0.2) is 0 Å². The minimum Gasteiger partial charge on any atom is -0.356 e. The van der Waals surface area contributed by atoms with Crippen molar-refractivity contribution in [3.05, 3.63) is 0 Å². The van der Waals surface area contributed by atoms with Gasteiger partial charge in [0.15, 0.2) is 0 Å². The summed E-state index contributed by atoms with van der Waals surface area (Å²) in [6.07, 6.45) is -2.35. The molecular formula is C14H23F3N2O3. The number of halogens is 3. The third kappa shape index (κ3) is 10.2. The van der Waals surface area contributed by atoms with Gasteiger partial charge in [0.05, 0.1) is 0 Å². The Morgan fingerprint density at radius 2 is 1.59 bits per heavy atom. The number of unbranched alkanes of at least 4 members (excludes halogenated alkanes) is 1. The first-order valence-electron chi connectivity index (χ1n) is 7.26. The molecule has 0 rings (SSSR count). The number of nitrogens with one attached hydrogen (secondary N) is 2. The molecule has 22 heavy (non-hydrogen) atoms. The van der Waals surface area contributed by atoms with Gasteiger partial charge in [0.1, 0.15) is 5.78 Å². The Balaban J connectivity index is 3.55. The van der Waals surface area contributed by atoms with Crippen LogP contribution < -0.4 is 10.6 Å². The molecule has 0 radical (unpaired) electrons. The maximum atomic E-state index is 11.9. The second-order valence-electron chi connectivity index (χ2n) is 5.21. The summed E-state index contributed by atoms with van der Waals surface area (Å²) in [4.78, 5) is 32.9. The number of ketones is 1. The Kier molecular flexibility index (Phi) is 9.44. The van der Waals surface area contributed by atoms with Gasteiger partial charge in [-0.05, 0) is 26.2 Å². The van der Waals surface area contributed by atoms with Crippen LogP contribution in [-0.4, -0.2) is 36.9 Å². The van der Waals surface area contributed by atoms with Gasteiger partial charge < -0.3 is 10.6 Å². The molecular weight excluding hydrogens is 301 g/mol. The van der Waals surface area contributed by atoms with E-state index in [4.69, 9.17) is 0 Å². The first-order valence-corrected chi connectivity index (χ1v) is 7.26. The number of Topliss-reactive ketones (excluding diaryl/α,β-unsaturated/α-hetero) is 1. The highest BCUT2D eigenvalue weighted by Gasteiger charge is 2.38. The van der Waals surface area contributed by atoms with Gasteiger partial charge in [0.25, 0.3) is 0 Å². The zero-order valence-electron chi connectivity index (χ0n) is 12.9. The average molecular weight is 324 g/mol.